The van der Waals surface area contributed by atoms with Gasteiger partial charge in [0.15, 0.2) is 0 Å². The average Bonchev–Trinajstić information content (AvgIpc) is 3.57. The Balaban J connectivity index is 1.87. The van der Waals surface area contributed by atoms with Gasteiger partial charge >= 0.3 is 0 Å². The Labute approximate surface area is 203 Å². The number of carbonyl (C=O) groups excluding carboxylic acids is 1. The molecule has 0 bridgehead atoms. The quantitative estimate of drug-likeness (QED) is 0.389. The highest BCUT2D eigenvalue weighted by Gasteiger charge is 2.51. The van der Waals surface area contributed by atoms with Gasteiger partial charge in [0, 0.05) is 23.6 Å². The number of hydrogen-bond acceptors (Lipinski definition) is 7. The third-order valence-electron chi connectivity index (χ3n) is 6.06. The van der Waals surface area contributed by atoms with Gasteiger partial charge in [0.25, 0.3) is 5.91 Å². The maximum Gasteiger partial charge on any atom is 0.263 e. The highest BCUT2D eigenvalue weighted by atomic mass is 32.1. The van der Waals surface area contributed by atoms with Crippen LogP contribution in [-0.2, 0) is 17.6 Å². The summed E-state index contributed by atoms with van der Waals surface area (Å²) in [6, 6.07) is 11.3. The van der Waals surface area contributed by atoms with Crippen LogP contribution in [-0.4, -0.2) is 37.3 Å². The summed E-state index contributed by atoms with van der Waals surface area (Å²) < 4.78 is 30.3. The first-order valence-corrected chi connectivity index (χ1v) is 11.3. The van der Waals surface area contributed by atoms with Gasteiger partial charge < -0.3 is 10.4 Å². The van der Waals surface area contributed by atoms with Crippen molar-refractivity contribution in [2.45, 2.75) is 24.5 Å². The first-order valence-electron chi connectivity index (χ1n) is 10.4. The number of thiazole rings is 1. The standard InChI is InChI=1S/C24H20F2N6O2S/c1-23(17-4-2-16(9-27)3-5-17,11-30-22(33)21-10-28-15-35-21)24(34,12-32-14-29-13-31-32)19-7-6-18(25)8-20(19)26/h2-8,10,13-15,34H,11-12H2,1H3,(H,30,33)/t23-,24-/m0/s1. The molecule has 4 rings (SSSR count). The van der Waals surface area contributed by atoms with Gasteiger partial charge in [-0.25, -0.2) is 18.4 Å². The lowest BCUT2D eigenvalue weighted by Gasteiger charge is -2.46. The predicted octanol–water partition coefficient (Wildman–Crippen LogP) is 3.16. The normalized spacial score (nSPS) is 14.5. The van der Waals surface area contributed by atoms with E-state index in [2.05, 4.69) is 20.4 Å². The first kappa shape index (κ1) is 24.1. The Bertz CT molecular complexity index is 1360. The number of amides is 1. The molecule has 0 aliphatic rings. The van der Waals surface area contributed by atoms with Gasteiger partial charge in [0.05, 0.1) is 29.9 Å². The summed E-state index contributed by atoms with van der Waals surface area (Å²) in [6.07, 6.45) is 4.05. The number of carbonyl (C=O) groups is 1. The highest BCUT2D eigenvalue weighted by Crippen LogP contribution is 2.44. The van der Waals surface area contributed by atoms with Crippen LogP contribution in [0.3, 0.4) is 0 Å². The molecule has 1 amide bonds. The van der Waals surface area contributed by atoms with E-state index >= 15 is 4.39 Å². The van der Waals surface area contributed by atoms with E-state index in [1.165, 1.54) is 35.1 Å². The topological polar surface area (TPSA) is 117 Å². The van der Waals surface area contributed by atoms with Gasteiger partial charge in [-0.15, -0.1) is 11.3 Å². The van der Waals surface area contributed by atoms with E-state index in [1.807, 2.05) is 6.07 Å². The van der Waals surface area contributed by atoms with Crippen LogP contribution in [0.1, 0.15) is 33.3 Å². The molecule has 0 aliphatic heterocycles. The average molecular weight is 495 g/mol. The van der Waals surface area contributed by atoms with Gasteiger partial charge in [-0.1, -0.05) is 25.1 Å². The summed E-state index contributed by atoms with van der Waals surface area (Å²) in [7, 11) is 0. The Morgan fingerprint density at radius 3 is 2.60 bits per heavy atom. The fraction of sp³-hybridized carbons (Fsp3) is 0.208. The number of benzene rings is 2. The zero-order chi connectivity index (χ0) is 25.1. The molecule has 11 heteroatoms. The lowest BCUT2D eigenvalue weighted by molar-refractivity contribution is -0.0587. The molecule has 2 heterocycles. The maximum absolute atomic E-state index is 15.2. The minimum atomic E-state index is -2.05. The number of hydrogen-bond donors (Lipinski definition) is 2. The van der Waals surface area contributed by atoms with E-state index < -0.39 is 28.6 Å². The van der Waals surface area contributed by atoms with Gasteiger partial charge in [0.2, 0.25) is 0 Å². The van der Waals surface area contributed by atoms with Crippen molar-refractivity contribution in [2.75, 3.05) is 6.54 Å². The smallest absolute Gasteiger partial charge is 0.263 e. The number of nitriles is 1. The molecule has 0 saturated carbocycles. The number of nitrogens with one attached hydrogen (secondary N) is 1. The second-order valence-electron chi connectivity index (χ2n) is 8.15. The molecular formula is C24H20F2N6O2S. The molecule has 0 radical (unpaired) electrons. The van der Waals surface area contributed by atoms with Gasteiger partial charge in [-0.3, -0.25) is 9.78 Å². The second-order valence-corrected chi connectivity index (χ2v) is 9.03. The Kier molecular flexibility index (Phi) is 6.68. The van der Waals surface area contributed by atoms with Crippen LogP contribution < -0.4 is 5.32 Å². The second kappa shape index (κ2) is 9.69. The van der Waals surface area contributed by atoms with Crippen molar-refractivity contribution in [1.29, 1.82) is 5.26 Å². The third-order valence-corrected chi connectivity index (χ3v) is 6.83. The molecule has 0 unspecified atom stereocenters. The predicted molar refractivity (Wildman–Crippen MR) is 123 cm³/mol. The van der Waals surface area contributed by atoms with Crippen LogP contribution in [0.4, 0.5) is 8.78 Å². The minimum absolute atomic E-state index is 0.141. The van der Waals surface area contributed by atoms with Crippen LogP contribution in [0.15, 0.2) is 66.8 Å². The molecule has 8 nitrogen and oxygen atoms in total. The molecular weight excluding hydrogens is 474 g/mol. The van der Waals surface area contributed by atoms with Crippen molar-refractivity contribution >= 4 is 17.2 Å². The summed E-state index contributed by atoms with van der Waals surface area (Å²) in [5.74, 6) is -2.18. The first-order chi connectivity index (χ1) is 16.8. The van der Waals surface area contributed by atoms with Crippen molar-refractivity contribution in [3.8, 4) is 6.07 Å². The summed E-state index contributed by atoms with van der Waals surface area (Å²) in [4.78, 5) is 20.9. The van der Waals surface area contributed by atoms with E-state index in [0.29, 0.717) is 22.1 Å². The Morgan fingerprint density at radius 1 is 1.23 bits per heavy atom. The minimum Gasteiger partial charge on any atom is -0.382 e. The number of nitrogens with zero attached hydrogens (tertiary/aromatic N) is 5. The molecule has 178 valence electrons. The monoisotopic (exact) mass is 494 g/mol. The van der Waals surface area contributed by atoms with Crippen LogP contribution in [0, 0.1) is 23.0 Å². The van der Waals surface area contributed by atoms with Crippen molar-refractivity contribution in [1.82, 2.24) is 25.1 Å². The fourth-order valence-electron chi connectivity index (χ4n) is 4.00. The van der Waals surface area contributed by atoms with Crippen LogP contribution in [0.25, 0.3) is 0 Å². The SMILES string of the molecule is C[C@](CNC(=O)c1cncs1)(c1ccc(C#N)cc1)[C@](O)(Cn1cncn1)c1ccc(F)cc1F. The highest BCUT2D eigenvalue weighted by molar-refractivity contribution is 7.11. The van der Waals surface area contributed by atoms with Crippen molar-refractivity contribution in [2.24, 2.45) is 0 Å². The molecule has 2 aromatic heterocycles. The third kappa shape index (κ3) is 4.66. The molecule has 4 aromatic rings. The zero-order valence-electron chi connectivity index (χ0n) is 18.5. The molecule has 2 aromatic carbocycles. The van der Waals surface area contributed by atoms with Gasteiger partial charge in [-0.05, 0) is 23.8 Å². The van der Waals surface area contributed by atoms with Gasteiger partial charge in [-0.2, -0.15) is 10.4 Å². The van der Waals surface area contributed by atoms with E-state index in [-0.39, 0.29) is 18.7 Å². The van der Waals surface area contributed by atoms with E-state index in [9.17, 15) is 19.6 Å². The van der Waals surface area contributed by atoms with Crippen LogP contribution in [0.5, 0.6) is 0 Å². The molecule has 0 aliphatic carbocycles. The lowest BCUT2D eigenvalue weighted by atomic mass is 9.65. The number of rotatable bonds is 8. The van der Waals surface area contributed by atoms with Crippen LogP contribution in [0.2, 0.25) is 0 Å². The molecule has 2 atom stereocenters. The Morgan fingerprint density at radius 2 is 2.00 bits per heavy atom. The summed E-state index contributed by atoms with van der Waals surface area (Å²) in [5, 5.41) is 28.4. The number of halogens is 2. The van der Waals surface area contributed by atoms with Crippen molar-refractivity contribution in [3.63, 3.8) is 0 Å². The zero-order valence-corrected chi connectivity index (χ0v) is 19.3. The van der Waals surface area contributed by atoms with E-state index in [0.717, 1.165) is 17.4 Å². The Hall–Kier alpha value is -4.01. The van der Waals surface area contributed by atoms with E-state index in [4.69, 9.17) is 0 Å². The largest absolute Gasteiger partial charge is 0.382 e. The fourth-order valence-corrected chi connectivity index (χ4v) is 4.54. The summed E-state index contributed by atoms with van der Waals surface area (Å²) >= 11 is 1.15. The molecule has 2 N–H and O–H groups in total. The van der Waals surface area contributed by atoms with Gasteiger partial charge in [0.1, 0.15) is 34.8 Å². The maximum atomic E-state index is 15.2. The van der Waals surface area contributed by atoms with Crippen LogP contribution >= 0.6 is 11.3 Å². The summed E-state index contributed by atoms with van der Waals surface area (Å²) in [5.41, 5.74) is -1.21. The number of aliphatic hydroxyl groups is 1. The van der Waals surface area contributed by atoms with Crippen molar-refractivity contribution in [3.05, 3.63) is 100 Å². The molecule has 35 heavy (non-hydrogen) atoms. The molecule has 0 spiro atoms. The van der Waals surface area contributed by atoms with Crippen molar-refractivity contribution < 1.29 is 18.7 Å². The lowest BCUT2D eigenvalue weighted by Crippen LogP contribution is -2.56. The van der Waals surface area contributed by atoms with E-state index in [1.54, 1.807) is 31.2 Å². The molecule has 0 fully saturated rings. The molecule has 0 saturated heterocycles. The summed E-state index contributed by atoms with van der Waals surface area (Å²) in [6.45, 7) is 1.25. The number of aromatic nitrogens is 4.